The molecule has 1 aromatic heterocycles. The first-order valence-electron chi connectivity index (χ1n) is 15.3. The molecule has 0 aliphatic carbocycles. The van der Waals surface area contributed by atoms with Gasteiger partial charge in [-0.2, -0.15) is 5.10 Å². The number of carbonyl (C=O) groups excluding carboxylic acids is 2. The summed E-state index contributed by atoms with van der Waals surface area (Å²) >= 11 is 0. The van der Waals surface area contributed by atoms with Crippen LogP contribution in [0.25, 0.3) is 0 Å². The van der Waals surface area contributed by atoms with E-state index >= 15 is 0 Å². The van der Waals surface area contributed by atoms with E-state index in [1.54, 1.807) is 17.9 Å². The number of rotatable bonds is 4. The molecule has 0 saturated carbocycles. The molecule has 1 atom stereocenters. The Hall–Kier alpha value is -4.99. The molecule has 2 N–H and O–H groups in total. The summed E-state index contributed by atoms with van der Waals surface area (Å²) < 4.78 is 19.8. The number of carbonyl (C=O) groups is 2. The van der Waals surface area contributed by atoms with Crippen molar-refractivity contribution in [3.8, 4) is 28.7 Å². The molecule has 0 spiro atoms. The molecule has 10 nitrogen and oxygen atoms in total. The molecule has 45 heavy (non-hydrogen) atoms. The van der Waals surface area contributed by atoms with Gasteiger partial charge in [-0.05, 0) is 90.4 Å². The molecule has 8 bridgehead atoms. The minimum absolute atomic E-state index is 0.101. The number of aryl methyl sites for hydroxylation is 1. The van der Waals surface area contributed by atoms with Crippen molar-refractivity contribution in [1.82, 2.24) is 20.0 Å². The van der Waals surface area contributed by atoms with E-state index in [2.05, 4.69) is 24.3 Å². The number of fused-ring (bicyclic) bond motifs is 6. The SMILES string of the molecule is COc1cc2c3cc1Oc1ccc(O)c(c1)C(=O)NCCCOc1cccc(c1)C2N(C(=O)c1cc(CC(C)C)nn1C)CC3. The fourth-order valence-electron chi connectivity index (χ4n) is 6.06. The molecule has 3 aliphatic rings. The van der Waals surface area contributed by atoms with Crippen molar-refractivity contribution >= 4 is 11.8 Å². The van der Waals surface area contributed by atoms with Crippen molar-refractivity contribution in [3.63, 3.8) is 0 Å². The quantitative estimate of drug-likeness (QED) is 0.317. The molecule has 3 aliphatic heterocycles. The minimum atomic E-state index is -0.422. The number of phenols is 1. The first-order valence-corrected chi connectivity index (χ1v) is 15.3. The third-order valence-corrected chi connectivity index (χ3v) is 8.17. The van der Waals surface area contributed by atoms with Crippen LogP contribution < -0.4 is 19.5 Å². The summed E-state index contributed by atoms with van der Waals surface area (Å²) in [5, 5.41) is 17.9. The molecular formula is C35H38N4O6. The zero-order chi connectivity index (χ0) is 31.7. The topological polar surface area (TPSA) is 115 Å². The Morgan fingerprint density at radius 2 is 1.98 bits per heavy atom. The summed E-state index contributed by atoms with van der Waals surface area (Å²) in [6.45, 7) is 5.47. The number of aromatic hydroxyl groups is 1. The van der Waals surface area contributed by atoms with Gasteiger partial charge >= 0.3 is 0 Å². The first kappa shape index (κ1) is 30.1. The van der Waals surface area contributed by atoms with Gasteiger partial charge < -0.3 is 29.5 Å². The molecule has 234 valence electrons. The highest BCUT2D eigenvalue weighted by molar-refractivity contribution is 5.97. The molecular weight excluding hydrogens is 572 g/mol. The van der Waals surface area contributed by atoms with Crippen molar-refractivity contribution in [2.75, 3.05) is 26.8 Å². The monoisotopic (exact) mass is 610 g/mol. The number of nitrogens with one attached hydrogen (secondary N) is 1. The zero-order valence-corrected chi connectivity index (χ0v) is 26.0. The maximum absolute atomic E-state index is 14.3. The van der Waals surface area contributed by atoms with E-state index in [-0.39, 0.29) is 17.2 Å². The number of amides is 2. The fourth-order valence-corrected chi connectivity index (χ4v) is 6.06. The average molecular weight is 611 g/mol. The average Bonchev–Trinajstić information content (AvgIpc) is 3.38. The second kappa shape index (κ2) is 12.6. The highest BCUT2D eigenvalue weighted by Gasteiger charge is 2.35. The molecule has 2 amide bonds. The van der Waals surface area contributed by atoms with Gasteiger partial charge in [0.05, 0.1) is 31.0 Å². The number of hydrogen-bond donors (Lipinski definition) is 2. The van der Waals surface area contributed by atoms with Gasteiger partial charge in [-0.25, -0.2) is 0 Å². The number of phenolic OH excluding ortho intramolecular Hbond substituents is 1. The van der Waals surface area contributed by atoms with Gasteiger partial charge in [0.1, 0.15) is 22.9 Å². The number of ether oxygens (including phenoxy) is 3. The van der Waals surface area contributed by atoms with Crippen LogP contribution in [0.15, 0.2) is 60.7 Å². The first-order chi connectivity index (χ1) is 21.7. The third kappa shape index (κ3) is 6.18. The van der Waals surface area contributed by atoms with Crippen LogP contribution in [0.2, 0.25) is 0 Å². The molecule has 4 aromatic rings. The van der Waals surface area contributed by atoms with E-state index in [0.717, 1.165) is 28.8 Å². The Bertz CT molecular complexity index is 1750. The number of methoxy groups -OCH3 is 1. The Morgan fingerprint density at radius 1 is 1.13 bits per heavy atom. The van der Waals surface area contributed by atoms with Crippen LogP contribution >= 0.6 is 0 Å². The molecule has 0 fully saturated rings. The van der Waals surface area contributed by atoms with Crippen LogP contribution in [0.5, 0.6) is 28.7 Å². The van der Waals surface area contributed by atoms with Gasteiger partial charge in [0.25, 0.3) is 11.8 Å². The summed E-state index contributed by atoms with van der Waals surface area (Å²) in [6, 6.07) is 17.7. The molecule has 10 heteroatoms. The number of nitrogens with zero attached hydrogens (tertiary/aromatic N) is 3. The van der Waals surface area contributed by atoms with E-state index in [1.165, 1.54) is 12.1 Å². The fraction of sp³-hybridized carbons (Fsp3) is 0.343. The van der Waals surface area contributed by atoms with Crippen LogP contribution in [0.4, 0.5) is 0 Å². The highest BCUT2D eigenvalue weighted by atomic mass is 16.5. The van der Waals surface area contributed by atoms with Crippen molar-refractivity contribution in [3.05, 3.63) is 94.3 Å². The Labute approximate surface area is 262 Å². The number of hydrogen-bond acceptors (Lipinski definition) is 7. The normalized spacial score (nSPS) is 16.3. The molecule has 3 aromatic carbocycles. The maximum Gasteiger partial charge on any atom is 0.272 e. The second-order valence-corrected chi connectivity index (χ2v) is 11.9. The van der Waals surface area contributed by atoms with Gasteiger partial charge in [-0.1, -0.05) is 26.0 Å². The summed E-state index contributed by atoms with van der Waals surface area (Å²) in [5.41, 5.74) is 4.38. The van der Waals surface area contributed by atoms with Crippen LogP contribution in [-0.2, 0) is 19.9 Å². The number of benzene rings is 3. The molecule has 4 heterocycles. The van der Waals surface area contributed by atoms with Crippen molar-refractivity contribution in [1.29, 1.82) is 0 Å². The van der Waals surface area contributed by atoms with Gasteiger partial charge in [0, 0.05) is 20.1 Å². The molecule has 0 saturated heterocycles. The van der Waals surface area contributed by atoms with E-state index in [1.807, 2.05) is 54.4 Å². The van der Waals surface area contributed by atoms with Gasteiger partial charge in [-0.3, -0.25) is 14.3 Å². The Balaban J connectivity index is 1.46. The van der Waals surface area contributed by atoms with Crippen LogP contribution in [0.3, 0.4) is 0 Å². The predicted molar refractivity (Wildman–Crippen MR) is 168 cm³/mol. The van der Waals surface area contributed by atoms with Crippen molar-refractivity contribution in [2.24, 2.45) is 13.0 Å². The lowest BCUT2D eigenvalue weighted by Gasteiger charge is -2.38. The van der Waals surface area contributed by atoms with Crippen molar-refractivity contribution < 1.29 is 28.9 Å². The van der Waals surface area contributed by atoms with Crippen LogP contribution in [0.1, 0.15) is 69.5 Å². The summed E-state index contributed by atoms with van der Waals surface area (Å²) in [4.78, 5) is 29.0. The van der Waals surface area contributed by atoms with Gasteiger partial charge in [0.15, 0.2) is 11.5 Å². The van der Waals surface area contributed by atoms with E-state index in [9.17, 15) is 14.7 Å². The van der Waals surface area contributed by atoms with Crippen molar-refractivity contribution in [2.45, 2.75) is 39.2 Å². The predicted octanol–water partition coefficient (Wildman–Crippen LogP) is 5.43. The lowest BCUT2D eigenvalue weighted by Crippen LogP contribution is -2.41. The maximum atomic E-state index is 14.3. The largest absolute Gasteiger partial charge is 0.507 e. The van der Waals surface area contributed by atoms with E-state index < -0.39 is 11.9 Å². The smallest absolute Gasteiger partial charge is 0.272 e. The summed E-state index contributed by atoms with van der Waals surface area (Å²) in [7, 11) is 3.38. The van der Waals surface area contributed by atoms with E-state index in [4.69, 9.17) is 14.2 Å². The highest BCUT2D eigenvalue weighted by Crippen LogP contribution is 2.43. The zero-order valence-electron chi connectivity index (χ0n) is 26.0. The Morgan fingerprint density at radius 3 is 2.78 bits per heavy atom. The molecule has 1 unspecified atom stereocenters. The van der Waals surface area contributed by atoms with Gasteiger partial charge in [0.2, 0.25) is 0 Å². The molecule has 0 radical (unpaired) electrons. The lowest BCUT2D eigenvalue weighted by molar-refractivity contribution is 0.0682. The molecule has 7 rings (SSSR count). The summed E-state index contributed by atoms with van der Waals surface area (Å²) in [5.74, 6) is 1.75. The minimum Gasteiger partial charge on any atom is -0.507 e. The standard InChI is InChI=1S/C35H38N4O6/c1-21(2)15-24-18-29(38(3)37-24)35(42)39-13-11-22-17-32-31(43-4)20-27(22)33(39)23-7-5-8-25(16-23)44-14-6-12-36-34(41)28-19-26(45-32)9-10-30(28)40/h5,7-10,16-21,33,40H,6,11-15H2,1-4H3,(H,36,41). The van der Waals surface area contributed by atoms with E-state index in [0.29, 0.717) is 67.1 Å². The van der Waals surface area contributed by atoms with Crippen LogP contribution in [0, 0.1) is 5.92 Å². The van der Waals surface area contributed by atoms with Crippen LogP contribution in [-0.4, -0.2) is 58.4 Å². The second-order valence-electron chi connectivity index (χ2n) is 11.9. The number of aromatic nitrogens is 2. The van der Waals surface area contributed by atoms with Gasteiger partial charge in [-0.15, -0.1) is 0 Å². The Kier molecular flexibility index (Phi) is 8.38. The summed E-state index contributed by atoms with van der Waals surface area (Å²) in [6.07, 6.45) is 1.94. The third-order valence-electron chi connectivity index (χ3n) is 8.17. The lowest BCUT2D eigenvalue weighted by atomic mass is 9.87.